The molecule has 0 bridgehead atoms. The molecular formula is C22H25NO9. The lowest BCUT2D eigenvalue weighted by Gasteiger charge is -2.11. The summed E-state index contributed by atoms with van der Waals surface area (Å²) in [7, 11) is 1.29. The van der Waals surface area contributed by atoms with Crippen LogP contribution in [-0.4, -0.2) is 52.3 Å². The summed E-state index contributed by atoms with van der Waals surface area (Å²) in [5.41, 5.74) is 7.00. The molecule has 2 aromatic rings. The van der Waals surface area contributed by atoms with Gasteiger partial charge in [0.2, 0.25) is 0 Å². The first kappa shape index (κ1) is 26.1. The van der Waals surface area contributed by atoms with Crippen LogP contribution in [0.15, 0.2) is 48.5 Å². The van der Waals surface area contributed by atoms with E-state index in [1.807, 2.05) is 0 Å². The van der Waals surface area contributed by atoms with E-state index in [2.05, 4.69) is 4.74 Å². The maximum Gasteiger partial charge on any atom is 0.337 e. The number of carbonyl (C=O) groups excluding carboxylic acids is 2. The molecule has 0 radical (unpaired) electrons. The predicted molar refractivity (Wildman–Crippen MR) is 112 cm³/mol. The van der Waals surface area contributed by atoms with E-state index in [0.717, 1.165) is 5.56 Å². The highest BCUT2D eigenvalue weighted by Crippen LogP contribution is 2.15. The summed E-state index contributed by atoms with van der Waals surface area (Å²) in [5, 5.41) is 25.3. The zero-order chi connectivity index (χ0) is 24.1. The first-order valence-corrected chi connectivity index (χ1v) is 9.49. The van der Waals surface area contributed by atoms with Gasteiger partial charge in [0.25, 0.3) is 0 Å². The minimum atomic E-state index is -0.948. The molecule has 0 aliphatic heterocycles. The van der Waals surface area contributed by atoms with Crippen molar-refractivity contribution >= 4 is 23.9 Å². The minimum absolute atomic E-state index is 0.0632. The summed E-state index contributed by atoms with van der Waals surface area (Å²) in [6, 6.07) is 11.6. The van der Waals surface area contributed by atoms with Crippen LogP contribution in [0.5, 0.6) is 11.5 Å². The molecule has 0 aliphatic carbocycles. The molecule has 0 saturated carbocycles. The Morgan fingerprint density at radius 1 is 0.906 bits per heavy atom. The fourth-order valence-corrected chi connectivity index (χ4v) is 2.33. The van der Waals surface area contributed by atoms with Gasteiger partial charge in [-0.05, 0) is 54.8 Å². The van der Waals surface area contributed by atoms with Crippen LogP contribution < -0.4 is 10.5 Å². The molecule has 0 fully saturated rings. The number of rotatable bonds is 9. The van der Waals surface area contributed by atoms with Crippen molar-refractivity contribution in [1.82, 2.24) is 0 Å². The molecule has 2 aromatic carbocycles. The average Bonchev–Trinajstić information content (AvgIpc) is 2.75. The molecule has 0 heterocycles. The van der Waals surface area contributed by atoms with Gasteiger partial charge in [0.15, 0.2) is 0 Å². The van der Waals surface area contributed by atoms with E-state index in [1.54, 1.807) is 12.1 Å². The number of carboxylic acids is 2. The van der Waals surface area contributed by atoms with Crippen molar-refractivity contribution in [2.75, 3.05) is 7.11 Å². The zero-order valence-electron chi connectivity index (χ0n) is 17.4. The number of hydrogen-bond acceptors (Lipinski definition) is 8. The van der Waals surface area contributed by atoms with Crippen LogP contribution in [0, 0.1) is 0 Å². The highest BCUT2D eigenvalue weighted by atomic mass is 16.5. The number of carbonyl (C=O) groups is 4. The van der Waals surface area contributed by atoms with Gasteiger partial charge in [-0.15, -0.1) is 0 Å². The van der Waals surface area contributed by atoms with Crippen molar-refractivity contribution in [1.29, 1.82) is 0 Å². The number of esters is 2. The molecule has 0 aliphatic rings. The predicted octanol–water partition coefficient (Wildman–Crippen LogP) is 1.98. The number of aliphatic carboxylic acids is 2. The molecule has 0 aromatic heterocycles. The second kappa shape index (κ2) is 13.4. The number of benzene rings is 2. The summed E-state index contributed by atoms with van der Waals surface area (Å²) < 4.78 is 9.76. The largest absolute Gasteiger partial charge is 0.508 e. The number of nitrogens with two attached hydrogens (primary N) is 1. The maximum absolute atomic E-state index is 12.0. The molecule has 0 saturated heterocycles. The van der Waals surface area contributed by atoms with Crippen LogP contribution in [0.4, 0.5) is 0 Å². The normalized spacial score (nSPS) is 10.8. The fourth-order valence-electron chi connectivity index (χ4n) is 2.33. The Balaban J connectivity index is 0.000000482. The Bertz CT molecular complexity index is 894. The summed E-state index contributed by atoms with van der Waals surface area (Å²) in [6.45, 7) is 0. The van der Waals surface area contributed by atoms with Crippen molar-refractivity contribution in [2.45, 2.75) is 31.7 Å². The van der Waals surface area contributed by atoms with Gasteiger partial charge in [0, 0.05) is 12.8 Å². The van der Waals surface area contributed by atoms with Crippen LogP contribution in [0.1, 0.15) is 35.2 Å². The quantitative estimate of drug-likeness (QED) is 0.329. The van der Waals surface area contributed by atoms with E-state index in [1.165, 1.54) is 43.5 Å². The van der Waals surface area contributed by atoms with E-state index < -0.39 is 29.9 Å². The smallest absolute Gasteiger partial charge is 0.337 e. The molecule has 1 atom stereocenters. The van der Waals surface area contributed by atoms with Crippen molar-refractivity contribution in [3.63, 3.8) is 0 Å². The molecule has 0 unspecified atom stereocenters. The Morgan fingerprint density at radius 2 is 1.44 bits per heavy atom. The molecule has 0 spiro atoms. The summed E-state index contributed by atoms with van der Waals surface area (Å²) in [6.07, 6.45) is 0.378. The van der Waals surface area contributed by atoms with Gasteiger partial charge in [-0.25, -0.2) is 9.59 Å². The molecule has 10 nitrogen and oxygen atoms in total. The number of ether oxygens (including phenoxy) is 2. The Labute approximate surface area is 184 Å². The van der Waals surface area contributed by atoms with Crippen LogP contribution in [0.25, 0.3) is 0 Å². The second-order valence-corrected chi connectivity index (χ2v) is 6.56. The Hall–Kier alpha value is -3.92. The highest BCUT2D eigenvalue weighted by molar-refractivity contribution is 5.89. The fraction of sp³-hybridized carbons (Fsp3) is 0.273. The third-order valence-corrected chi connectivity index (χ3v) is 3.97. The molecule has 0 amide bonds. The molecule has 172 valence electrons. The monoisotopic (exact) mass is 447 g/mol. The average molecular weight is 447 g/mol. The van der Waals surface area contributed by atoms with Crippen molar-refractivity contribution in [2.24, 2.45) is 5.73 Å². The van der Waals surface area contributed by atoms with Crippen LogP contribution in [-0.2, 0) is 25.5 Å². The van der Waals surface area contributed by atoms with Gasteiger partial charge in [0.1, 0.15) is 17.5 Å². The van der Waals surface area contributed by atoms with Gasteiger partial charge in [-0.2, -0.15) is 0 Å². The third-order valence-electron chi connectivity index (χ3n) is 3.97. The molecule has 5 N–H and O–H groups in total. The topological polar surface area (TPSA) is 173 Å². The maximum atomic E-state index is 12.0. The van der Waals surface area contributed by atoms with E-state index in [9.17, 15) is 24.3 Å². The Morgan fingerprint density at radius 3 is 1.91 bits per heavy atom. The number of hydrogen-bond donors (Lipinski definition) is 4. The number of carboxylic acid groups (broad SMARTS) is 2. The third kappa shape index (κ3) is 10.2. The lowest BCUT2D eigenvalue weighted by Crippen LogP contribution is -2.36. The number of aromatic hydroxyl groups is 1. The van der Waals surface area contributed by atoms with E-state index in [-0.39, 0.29) is 25.0 Å². The molecule has 10 heteroatoms. The van der Waals surface area contributed by atoms with Gasteiger partial charge in [-0.1, -0.05) is 12.1 Å². The van der Waals surface area contributed by atoms with Gasteiger partial charge in [0.05, 0.1) is 12.7 Å². The molecule has 32 heavy (non-hydrogen) atoms. The first-order valence-electron chi connectivity index (χ1n) is 9.49. The van der Waals surface area contributed by atoms with Crippen molar-refractivity contribution < 1.29 is 44.0 Å². The number of phenols is 1. The van der Waals surface area contributed by atoms with Gasteiger partial charge < -0.3 is 30.5 Å². The summed E-state index contributed by atoms with van der Waals surface area (Å²) in [5.74, 6) is -2.50. The van der Waals surface area contributed by atoms with E-state index in [4.69, 9.17) is 20.7 Å². The number of methoxy groups -OCH3 is 1. The first-order chi connectivity index (χ1) is 15.1. The Kier molecular flexibility index (Phi) is 10.9. The lowest BCUT2D eigenvalue weighted by atomic mass is 10.1. The van der Waals surface area contributed by atoms with E-state index >= 15 is 0 Å². The second-order valence-electron chi connectivity index (χ2n) is 6.56. The van der Waals surface area contributed by atoms with Gasteiger partial charge >= 0.3 is 23.9 Å². The SMILES string of the molecule is COC(=O)c1ccc(OC(=O)[C@@H](N)Cc2ccc(O)cc2)cc1.O=C(O)CCCC(=O)O. The summed E-state index contributed by atoms with van der Waals surface area (Å²) in [4.78, 5) is 42.9. The summed E-state index contributed by atoms with van der Waals surface area (Å²) >= 11 is 0. The standard InChI is InChI=1S/C17H17NO5.C5H8O4/c1-22-16(20)12-4-8-14(9-5-12)23-17(21)15(18)10-11-2-6-13(19)7-3-11;6-4(7)2-1-3-5(8)9/h2-9,15,19H,10,18H2,1H3;1-3H2,(H,6,7)(H,8,9)/t15-;/m0./s1. The van der Waals surface area contributed by atoms with Crippen LogP contribution >= 0.6 is 0 Å². The molecule has 2 rings (SSSR count). The van der Waals surface area contributed by atoms with Crippen LogP contribution in [0.3, 0.4) is 0 Å². The van der Waals surface area contributed by atoms with Crippen molar-refractivity contribution in [3.05, 3.63) is 59.7 Å². The number of phenolic OH excluding ortho intramolecular Hbond substituents is 1. The van der Waals surface area contributed by atoms with Crippen LogP contribution in [0.2, 0.25) is 0 Å². The lowest BCUT2D eigenvalue weighted by molar-refractivity contribution is -0.139. The highest BCUT2D eigenvalue weighted by Gasteiger charge is 2.17. The van der Waals surface area contributed by atoms with E-state index in [0.29, 0.717) is 17.7 Å². The van der Waals surface area contributed by atoms with Crippen molar-refractivity contribution in [3.8, 4) is 11.5 Å². The minimum Gasteiger partial charge on any atom is -0.508 e. The molecular weight excluding hydrogens is 422 g/mol. The zero-order valence-corrected chi connectivity index (χ0v) is 17.4. The van der Waals surface area contributed by atoms with Gasteiger partial charge in [-0.3, -0.25) is 9.59 Å².